The van der Waals surface area contributed by atoms with Gasteiger partial charge in [-0.3, -0.25) is 9.78 Å². The number of carbonyl (C=O) groups is 1. The smallest absolute Gasteiger partial charge is 0.298 e. The Kier molecular flexibility index (Phi) is 6.86. The van der Waals surface area contributed by atoms with Crippen LogP contribution in [0, 0.1) is 5.82 Å². The number of benzene rings is 2. The van der Waals surface area contributed by atoms with Crippen LogP contribution in [0.15, 0.2) is 83.9 Å². The lowest BCUT2D eigenvalue weighted by Crippen LogP contribution is -2.41. The fraction of sp³-hybridized carbons (Fsp3) is 0.200. The molecule has 1 aliphatic heterocycles. The maximum Gasteiger partial charge on any atom is 0.416 e. The van der Waals surface area contributed by atoms with Crippen molar-refractivity contribution in [3.63, 3.8) is 0 Å². The minimum Gasteiger partial charge on any atom is -0.298 e. The summed E-state index contributed by atoms with van der Waals surface area (Å²) >= 11 is 0. The summed E-state index contributed by atoms with van der Waals surface area (Å²) in [7, 11) is -4.00. The zero-order valence-electron chi connectivity index (χ0n) is 18.2. The molecule has 0 fully saturated rings. The summed E-state index contributed by atoms with van der Waals surface area (Å²) in [6, 6.07) is 11.5. The Morgan fingerprint density at radius 1 is 1.00 bits per heavy atom. The third-order valence-electron chi connectivity index (χ3n) is 5.65. The number of Topliss-reactive ketones (excluding diaryl/α,β-unsaturated/α-hetero) is 1. The minimum atomic E-state index is -4.42. The topological polar surface area (TPSA) is 67.3 Å². The van der Waals surface area contributed by atoms with E-state index in [4.69, 9.17) is 0 Å². The molecular weight excluding hydrogens is 484 g/mol. The van der Waals surface area contributed by atoms with Crippen LogP contribution < -0.4 is 0 Å². The first-order chi connectivity index (χ1) is 16.6. The molecule has 2 aromatic carbocycles. The van der Waals surface area contributed by atoms with Gasteiger partial charge in [-0.25, -0.2) is 12.8 Å². The van der Waals surface area contributed by atoms with Crippen LogP contribution in [-0.4, -0.2) is 36.1 Å². The van der Waals surface area contributed by atoms with Crippen LogP contribution in [0.2, 0.25) is 0 Å². The maximum absolute atomic E-state index is 13.2. The summed E-state index contributed by atoms with van der Waals surface area (Å²) in [6.45, 7) is 0.0256. The van der Waals surface area contributed by atoms with Crippen molar-refractivity contribution in [1.29, 1.82) is 0 Å². The van der Waals surface area contributed by atoms with E-state index in [1.807, 2.05) is 0 Å². The molecule has 5 nitrogen and oxygen atoms in total. The van der Waals surface area contributed by atoms with Crippen molar-refractivity contribution in [1.82, 2.24) is 9.29 Å². The number of pyridine rings is 1. The van der Waals surface area contributed by atoms with E-state index in [9.17, 15) is 30.8 Å². The summed E-state index contributed by atoms with van der Waals surface area (Å²) < 4.78 is 78.6. The Morgan fingerprint density at radius 2 is 1.69 bits per heavy atom. The molecule has 1 aromatic heterocycles. The van der Waals surface area contributed by atoms with Crippen molar-refractivity contribution in [2.75, 3.05) is 6.54 Å². The van der Waals surface area contributed by atoms with Crippen LogP contribution in [0.4, 0.5) is 17.6 Å². The number of aryl methyl sites for hydroxylation is 1. The SMILES string of the molecule is O=C(CCc1cc(-c2ccc(C(F)(F)F)cc2)ccn1)[C@@H]1C=CCN1S(=O)(=O)c1ccc(F)cc1. The number of hydrogen-bond donors (Lipinski definition) is 0. The van der Waals surface area contributed by atoms with E-state index in [0.29, 0.717) is 16.8 Å². The van der Waals surface area contributed by atoms with Crippen LogP contribution in [-0.2, 0) is 27.4 Å². The van der Waals surface area contributed by atoms with Gasteiger partial charge in [0, 0.05) is 24.9 Å². The highest BCUT2D eigenvalue weighted by Crippen LogP contribution is 2.31. The van der Waals surface area contributed by atoms with Gasteiger partial charge in [0.2, 0.25) is 10.0 Å². The second-order valence-electron chi connectivity index (χ2n) is 7.98. The average Bonchev–Trinajstić information content (AvgIpc) is 3.34. The Labute approximate surface area is 199 Å². The number of ketones is 1. The number of nitrogens with zero attached hydrogens (tertiary/aromatic N) is 2. The van der Waals surface area contributed by atoms with Gasteiger partial charge in [-0.1, -0.05) is 24.3 Å². The van der Waals surface area contributed by atoms with E-state index < -0.39 is 33.6 Å². The highest BCUT2D eigenvalue weighted by molar-refractivity contribution is 7.89. The number of sulfonamides is 1. The van der Waals surface area contributed by atoms with Crippen LogP contribution in [0.3, 0.4) is 0 Å². The fourth-order valence-corrected chi connectivity index (χ4v) is 5.33. The van der Waals surface area contributed by atoms with Crippen molar-refractivity contribution in [3.8, 4) is 11.1 Å². The number of aromatic nitrogens is 1. The van der Waals surface area contributed by atoms with Gasteiger partial charge in [-0.2, -0.15) is 17.5 Å². The molecule has 0 saturated carbocycles. The predicted octanol–water partition coefficient (Wildman–Crippen LogP) is 5.04. The van der Waals surface area contributed by atoms with Gasteiger partial charge in [-0.15, -0.1) is 0 Å². The lowest BCUT2D eigenvalue weighted by Gasteiger charge is -2.23. The highest BCUT2D eigenvalue weighted by Gasteiger charge is 2.36. The van der Waals surface area contributed by atoms with Crippen LogP contribution >= 0.6 is 0 Å². The normalized spacial score (nSPS) is 16.5. The fourth-order valence-electron chi connectivity index (χ4n) is 3.81. The summed E-state index contributed by atoms with van der Waals surface area (Å²) in [5.41, 5.74) is 1.03. The van der Waals surface area contributed by atoms with Gasteiger partial charge in [-0.05, 0) is 66.1 Å². The second kappa shape index (κ2) is 9.71. The van der Waals surface area contributed by atoms with E-state index in [1.54, 1.807) is 18.2 Å². The summed E-state index contributed by atoms with van der Waals surface area (Å²) in [4.78, 5) is 17.0. The van der Waals surface area contributed by atoms with E-state index >= 15 is 0 Å². The number of alkyl halides is 3. The molecule has 0 saturated heterocycles. The maximum atomic E-state index is 13.2. The molecule has 1 atom stereocenters. The monoisotopic (exact) mass is 504 g/mol. The van der Waals surface area contributed by atoms with Gasteiger partial charge >= 0.3 is 6.18 Å². The summed E-state index contributed by atoms with van der Waals surface area (Å²) in [5.74, 6) is -0.895. The molecule has 35 heavy (non-hydrogen) atoms. The molecule has 10 heteroatoms. The predicted molar refractivity (Wildman–Crippen MR) is 121 cm³/mol. The number of hydrogen-bond acceptors (Lipinski definition) is 4. The van der Waals surface area contributed by atoms with Gasteiger partial charge in [0.1, 0.15) is 11.9 Å². The molecule has 1 aliphatic rings. The third kappa shape index (κ3) is 5.49. The number of halogens is 4. The molecule has 0 aliphatic carbocycles. The first-order valence-corrected chi connectivity index (χ1v) is 12.1. The van der Waals surface area contributed by atoms with Crippen LogP contribution in [0.1, 0.15) is 17.7 Å². The number of rotatable bonds is 7. The van der Waals surface area contributed by atoms with Gasteiger partial charge in [0.25, 0.3) is 0 Å². The van der Waals surface area contributed by atoms with E-state index in [0.717, 1.165) is 40.7 Å². The first-order valence-electron chi connectivity index (χ1n) is 10.6. The van der Waals surface area contributed by atoms with Gasteiger partial charge in [0.05, 0.1) is 10.5 Å². The first kappa shape index (κ1) is 24.7. The molecule has 2 heterocycles. The van der Waals surface area contributed by atoms with Gasteiger partial charge < -0.3 is 0 Å². The molecule has 0 radical (unpaired) electrons. The molecule has 3 aromatic rings. The van der Waals surface area contributed by atoms with Gasteiger partial charge in [0.15, 0.2) is 5.78 Å². The molecule has 182 valence electrons. The molecular formula is C25H20F4N2O3S. The average molecular weight is 505 g/mol. The molecule has 0 N–H and O–H groups in total. The van der Waals surface area contributed by atoms with Crippen molar-refractivity contribution in [3.05, 3.63) is 96.1 Å². The van der Waals surface area contributed by atoms with E-state index in [-0.39, 0.29) is 30.1 Å². The van der Waals surface area contributed by atoms with E-state index in [2.05, 4.69) is 4.98 Å². The highest BCUT2D eigenvalue weighted by atomic mass is 32.2. The Morgan fingerprint density at radius 3 is 2.34 bits per heavy atom. The second-order valence-corrected chi connectivity index (χ2v) is 9.87. The zero-order chi connectivity index (χ0) is 25.2. The lowest BCUT2D eigenvalue weighted by molar-refractivity contribution is -0.137. The Hall–Kier alpha value is -3.37. The standard InChI is InChI=1S/C25H20F4N2O3S/c26-20-7-10-22(11-8-20)35(33,34)31-15-1-2-23(31)24(32)12-9-21-16-18(13-14-30-21)17-3-5-19(6-4-17)25(27,28)29/h1-8,10-11,13-14,16,23H,9,12,15H2/t23-/m0/s1. The molecule has 0 unspecified atom stereocenters. The molecule has 4 rings (SSSR count). The Bertz CT molecular complexity index is 1350. The molecule has 0 bridgehead atoms. The van der Waals surface area contributed by atoms with Crippen LogP contribution in [0.5, 0.6) is 0 Å². The summed E-state index contributed by atoms with van der Waals surface area (Å²) in [5, 5.41) is 0. The third-order valence-corrected chi connectivity index (χ3v) is 7.52. The Balaban J connectivity index is 1.45. The summed E-state index contributed by atoms with van der Waals surface area (Å²) in [6.07, 6.45) is 0.432. The zero-order valence-corrected chi connectivity index (χ0v) is 19.1. The molecule has 0 amide bonds. The van der Waals surface area contributed by atoms with E-state index in [1.165, 1.54) is 24.4 Å². The van der Waals surface area contributed by atoms with Crippen molar-refractivity contribution >= 4 is 15.8 Å². The number of carbonyl (C=O) groups excluding carboxylic acids is 1. The lowest BCUT2D eigenvalue weighted by atomic mass is 10.0. The van der Waals surface area contributed by atoms with Crippen molar-refractivity contribution in [2.24, 2.45) is 0 Å². The van der Waals surface area contributed by atoms with Crippen molar-refractivity contribution < 1.29 is 30.8 Å². The quantitative estimate of drug-likeness (QED) is 0.334. The largest absolute Gasteiger partial charge is 0.416 e. The minimum absolute atomic E-state index is 0.00785. The van der Waals surface area contributed by atoms with Crippen molar-refractivity contribution in [2.45, 2.75) is 30.0 Å². The van der Waals surface area contributed by atoms with Crippen LogP contribution in [0.25, 0.3) is 11.1 Å². The molecule has 0 spiro atoms.